The molecule has 1 aliphatic heterocycles. The van der Waals surface area contributed by atoms with Crippen LogP contribution in [0.4, 0.5) is 4.39 Å². The van der Waals surface area contributed by atoms with Crippen LogP contribution in [0.1, 0.15) is 83.8 Å². The average Bonchev–Trinajstić information content (AvgIpc) is 3.53. The molecule has 194 valence electrons. The number of hydrogen-bond donors (Lipinski definition) is 2. The van der Waals surface area contributed by atoms with Crippen molar-refractivity contribution in [3.63, 3.8) is 0 Å². The molecular weight excluding hydrogens is 479 g/mol. The molecule has 2 fully saturated rings. The van der Waals surface area contributed by atoms with Crippen LogP contribution < -0.4 is 10.6 Å². The first-order chi connectivity index (χ1) is 17.3. The van der Waals surface area contributed by atoms with Crippen LogP contribution in [0.5, 0.6) is 0 Å². The van der Waals surface area contributed by atoms with Crippen LogP contribution in [0.2, 0.25) is 0 Å². The van der Waals surface area contributed by atoms with Crippen LogP contribution in [0.25, 0.3) is 0 Å². The van der Waals surface area contributed by atoms with E-state index >= 15 is 0 Å². The number of nitrogens with one attached hydrogen (secondary N) is 2. The Labute approximate surface area is 215 Å². The molecule has 4 rings (SSSR count). The number of ketones is 1. The number of carbonyl (C=O) groups is 3. The number of hydrogen-bond acceptors (Lipinski definition) is 6. The summed E-state index contributed by atoms with van der Waals surface area (Å²) >= 11 is 1.43. The Morgan fingerprint density at radius 1 is 1.08 bits per heavy atom. The summed E-state index contributed by atoms with van der Waals surface area (Å²) in [6, 6.07) is 4.29. The SMILES string of the molecule is CNC(C)C(=O)N[C@H](C(=O)N1CCCC1c1nc(C(=O)c2ccc(F)cc2)c(C)s1)C1CCCCC1. The molecule has 2 N–H and O–H groups in total. The molecule has 2 aliphatic rings. The van der Waals surface area contributed by atoms with Crippen molar-refractivity contribution >= 4 is 28.9 Å². The fraction of sp³-hybridized carbons (Fsp3) is 0.556. The highest BCUT2D eigenvalue weighted by Crippen LogP contribution is 2.37. The third-order valence-corrected chi connectivity index (χ3v) is 8.54. The summed E-state index contributed by atoms with van der Waals surface area (Å²) in [4.78, 5) is 47.0. The Morgan fingerprint density at radius 3 is 2.44 bits per heavy atom. The van der Waals surface area contributed by atoms with Gasteiger partial charge in [-0.2, -0.15) is 0 Å². The van der Waals surface area contributed by atoms with Gasteiger partial charge in [0.1, 0.15) is 22.6 Å². The van der Waals surface area contributed by atoms with Crippen molar-refractivity contribution in [3.05, 3.63) is 51.2 Å². The zero-order chi connectivity index (χ0) is 25.8. The Balaban J connectivity index is 1.57. The van der Waals surface area contributed by atoms with Gasteiger partial charge in [0.25, 0.3) is 0 Å². The van der Waals surface area contributed by atoms with Crippen LogP contribution in [0.3, 0.4) is 0 Å². The summed E-state index contributed by atoms with van der Waals surface area (Å²) in [5, 5.41) is 6.74. The van der Waals surface area contributed by atoms with Gasteiger partial charge in [0.15, 0.2) is 0 Å². The smallest absolute Gasteiger partial charge is 0.246 e. The van der Waals surface area contributed by atoms with E-state index in [0.29, 0.717) is 17.8 Å². The van der Waals surface area contributed by atoms with Gasteiger partial charge in [0.2, 0.25) is 17.6 Å². The molecule has 2 amide bonds. The van der Waals surface area contributed by atoms with Crippen molar-refractivity contribution in [1.82, 2.24) is 20.5 Å². The number of benzene rings is 1. The summed E-state index contributed by atoms with van der Waals surface area (Å²) < 4.78 is 13.3. The van der Waals surface area contributed by atoms with Gasteiger partial charge >= 0.3 is 0 Å². The summed E-state index contributed by atoms with van der Waals surface area (Å²) in [5.41, 5.74) is 0.732. The fourth-order valence-electron chi connectivity index (χ4n) is 5.23. The number of rotatable bonds is 8. The molecule has 1 saturated carbocycles. The highest BCUT2D eigenvalue weighted by molar-refractivity contribution is 7.12. The average molecular weight is 515 g/mol. The number of likely N-dealkylation sites (tertiary alicyclic amines) is 1. The first kappa shape index (κ1) is 26.4. The van der Waals surface area contributed by atoms with Crippen LogP contribution in [-0.2, 0) is 9.59 Å². The Kier molecular flexibility index (Phi) is 8.51. The zero-order valence-corrected chi connectivity index (χ0v) is 22.0. The van der Waals surface area contributed by atoms with Gasteiger partial charge in [-0.05, 0) is 76.8 Å². The summed E-state index contributed by atoms with van der Waals surface area (Å²) in [5.74, 6) is -0.755. The molecule has 0 spiro atoms. The number of amides is 2. The summed E-state index contributed by atoms with van der Waals surface area (Å²) in [7, 11) is 1.73. The van der Waals surface area contributed by atoms with Crippen molar-refractivity contribution in [1.29, 1.82) is 0 Å². The highest BCUT2D eigenvalue weighted by atomic mass is 32.1. The van der Waals surface area contributed by atoms with Crippen molar-refractivity contribution in [2.24, 2.45) is 5.92 Å². The summed E-state index contributed by atoms with van der Waals surface area (Å²) in [6.45, 7) is 4.24. The second-order valence-electron chi connectivity index (χ2n) is 9.88. The molecule has 2 aromatic rings. The minimum Gasteiger partial charge on any atom is -0.343 e. The van der Waals surface area contributed by atoms with Gasteiger partial charge in [-0.3, -0.25) is 14.4 Å². The predicted octanol–water partition coefficient (Wildman–Crippen LogP) is 4.16. The third kappa shape index (κ3) is 5.67. The van der Waals surface area contributed by atoms with Gasteiger partial charge in [0.05, 0.1) is 12.1 Å². The van der Waals surface area contributed by atoms with E-state index in [4.69, 9.17) is 0 Å². The van der Waals surface area contributed by atoms with Crippen LogP contribution >= 0.6 is 11.3 Å². The van der Waals surface area contributed by atoms with Gasteiger partial charge in [-0.1, -0.05) is 19.3 Å². The lowest BCUT2D eigenvalue weighted by molar-refractivity contribution is -0.139. The lowest BCUT2D eigenvalue weighted by atomic mass is 9.83. The maximum absolute atomic E-state index is 13.9. The molecule has 2 unspecified atom stereocenters. The number of aromatic nitrogens is 1. The van der Waals surface area contributed by atoms with E-state index in [1.807, 2.05) is 11.8 Å². The van der Waals surface area contributed by atoms with E-state index in [9.17, 15) is 18.8 Å². The van der Waals surface area contributed by atoms with E-state index in [1.54, 1.807) is 14.0 Å². The van der Waals surface area contributed by atoms with Gasteiger partial charge in [0, 0.05) is 17.0 Å². The highest BCUT2D eigenvalue weighted by Gasteiger charge is 2.40. The Hall–Kier alpha value is -2.65. The van der Waals surface area contributed by atoms with E-state index in [2.05, 4.69) is 15.6 Å². The van der Waals surface area contributed by atoms with Crippen LogP contribution in [-0.4, -0.2) is 53.2 Å². The van der Waals surface area contributed by atoms with Crippen molar-refractivity contribution in [2.45, 2.75) is 76.9 Å². The van der Waals surface area contributed by atoms with E-state index in [0.717, 1.165) is 54.8 Å². The maximum atomic E-state index is 13.9. The first-order valence-corrected chi connectivity index (χ1v) is 13.7. The van der Waals surface area contributed by atoms with E-state index in [1.165, 1.54) is 35.6 Å². The number of aryl methyl sites for hydroxylation is 1. The number of halogens is 1. The van der Waals surface area contributed by atoms with Crippen LogP contribution in [0, 0.1) is 18.7 Å². The largest absolute Gasteiger partial charge is 0.343 e. The molecule has 7 nitrogen and oxygen atoms in total. The number of thiazole rings is 1. The predicted molar refractivity (Wildman–Crippen MR) is 137 cm³/mol. The van der Waals surface area contributed by atoms with Crippen molar-refractivity contribution in [2.75, 3.05) is 13.6 Å². The van der Waals surface area contributed by atoms with Crippen LogP contribution in [0.15, 0.2) is 24.3 Å². The zero-order valence-electron chi connectivity index (χ0n) is 21.2. The molecule has 0 bridgehead atoms. The van der Waals surface area contributed by atoms with E-state index < -0.39 is 11.9 Å². The molecular formula is C27H35FN4O3S. The fourth-order valence-corrected chi connectivity index (χ4v) is 6.30. The second-order valence-corrected chi connectivity index (χ2v) is 11.1. The lowest BCUT2D eigenvalue weighted by Gasteiger charge is -2.35. The molecule has 2 heterocycles. The Morgan fingerprint density at radius 2 is 1.78 bits per heavy atom. The van der Waals surface area contributed by atoms with Gasteiger partial charge in [-0.15, -0.1) is 11.3 Å². The number of carbonyl (C=O) groups excluding carboxylic acids is 3. The Bertz CT molecular complexity index is 1100. The quantitative estimate of drug-likeness (QED) is 0.517. The third-order valence-electron chi connectivity index (χ3n) is 7.47. The maximum Gasteiger partial charge on any atom is 0.246 e. The minimum absolute atomic E-state index is 0.0553. The number of likely N-dealkylation sites (N-methyl/N-ethyl adjacent to an activating group) is 1. The number of nitrogens with zero attached hydrogens (tertiary/aromatic N) is 2. The lowest BCUT2D eigenvalue weighted by Crippen LogP contribution is -2.55. The molecule has 1 saturated heterocycles. The van der Waals surface area contributed by atoms with Gasteiger partial charge < -0.3 is 15.5 Å². The molecule has 1 aromatic heterocycles. The molecule has 3 atom stereocenters. The first-order valence-electron chi connectivity index (χ1n) is 12.9. The minimum atomic E-state index is -0.560. The standard InChI is InChI=1S/C27H35FN4O3S/c1-16(29-3)25(34)30-23(18-8-5-4-6-9-18)27(35)32-15-7-10-21(32)26-31-22(17(2)36-26)24(33)19-11-13-20(28)14-12-19/h11-14,16,18,21,23,29H,4-10,15H2,1-3H3,(H,30,34)/t16?,21?,23-/m0/s1. The molecule has 9 heteroatoms. The molecule has 1 aliphatic carbocycles. The molecule has 36 heavy (non-hydrogen) atoms. The normalized spacial score (nSPS) is 20.2. The van der Waals surface area contributed by atoms with E-state index in [-0.39, 0.29) is 35.6 Å². The second kappa shape index (κ2) is 11.6. The molecule has 0 radical (unpaired) electrons. The summed E-state index contributed by atoms with van der Waals surface area (Å²) in [6.07, 6.45) is 6.75. The van der Waals surface area contributed by atoms with Crippen molar-refractivity contribution < 1.29 is 18.8 Å². The molecule has 1 aromatic carbocycles. The monoisotopic (exact) mass is 514 g/mol. The topological polar surface area (TPSA) is 91.4 Å². The van der Waals surface area contributed by atoms with Crippen molar-refractivity contribution in [3.8, 4) is 0 Å². The van der Waals surface area contributed by atoms with Gasteiger partial charge in [-0.25, -0.2) is 9.37 Å².